The van der Waals surface area contributed by atoms with E-state index in [4.69, 9.17) is 9.47 Å². The summed E-state index contributed by atoms with van der Waals surface area (Å²) in [7, 11) is -4.23. The number of nitrogens with zero attached hydrogens (tertiary/aromatic N) is 2. The van der Waals surface area contributed by atoms with E-state index >= 15 is 0 Å². The maximum atomic E-state index is 14.6. The number of anilines is 1. The summed E-state index contributed by atoms with van der Waals surface area (Å²) in [5.41, 5.74) is 2.99. The fourth-order valence-corrected chi connectivity index (χ4v) is 6.73. The molecule has 0 saturated heterocycles. The lowest BCUT2D eigenvalue weighted by molar-refractivity contribution is -0.140. The van der Waals surface area contributed by atoms with E-state index in [1.54, 1.807) is 36.4 Å². The summed E-state index contributed by atoms with van der Waals surface area (Å²) in [6.45, 7) is 6.66. The van der Waals surface area contributed by atoms with Gasteiger partial charge >= 0.3 is 0 Å². The predicted octanol–water partition coefficient (Wildman–Crippen LogP) is 5.37. The average Bonchev–Trinajstić information content (AvgIpc) is 3.09. The number of benzene rings is 4. The van der Waals surface area contributed by atoms with E-state index in [1.165, 1.54) is 17.0 Å². The number of amides is 2. The van der Waals surface area contributed by atoms with Crippen LogP contribution in [0.4, 0.5) is 5.69 Å². The summed E-state index contributed by atoms with van der Waals surface area (Å²) in [4.78, 5) is 30.1. The summed E-state index contributed by atoms with van der Waals surface area (Å²) in [5.74, 6) is 0.245. The molecule has 0 aromatic heterocycles. The minimum absolute atomic E-state index is 0.0308. The van der Waals surface area contributed by atoms with Crippen molar-refractivity contribution in [2.24, 2.45) is 5.92 Å². The molecule has 0 saturated carbocycles. The van der Waals surface area contributed by atoms with Gasteiger partial charge in [0.05, 0.1) is 10.6 Å². The Balaban J connectivity index is 1.57. The molecule has 4 aromatic carbocycles. The molecule has 0 aliphatic carbocycles. The number of hydrogen-bond acceptors (Lipinski definition) is 6. The zero-order valence-electron chi connectivity index (χ0n) is 27.0. The molecule has 1 aliphatic rings. The van der Waals surface area contributed by atoms with Crippen LogP contribution in [-0.2, 0) is 32.6 Å². The van der Waals surface area contributed by atoms with Crippen LogP contribution in [0.1, 0.15) is 30.5 Å². The number of carbonyl (C=O) groups excluding carboxylic acids is 2. The van der Waals surface area contributed by atoms with Crippen molar-refractivity contribution in [1.29, 1.82) is 0 Å². The highest BCUT2D eigenvalue weighted by molar-refractivity contribution is 7.92. The van der Waals surface area contributed by atoms with Gasteiger partial charge in [-0.15, -0.1) is 0 Å². The van der Waals surface area contributed by atoms with Crippen LogP contribution in [0.25, 0.3) is 0 Å². The van der Waals surface area contributed by atoms with Crippen molar-refractivity contribution in [2.45, 2.75) is 44.7 Å². The quantitative estimate of drug-likeness (QED) is 0.208. The van der Waals surface area contributed by atoms with E-state index in [9.17, 15) is 18.0 Å². The van der Waals surface area contributed by atoms with Gasteiger partial charge in [-0.05, 0) is 48.2 Å². The first kappa shape index (κ1) is 33.5. The fraction of sp³-hybridized carbons (Fsp3) is 0.297. The van der Waals surface area contributed by atoms with Gasteiger partial charge in [0, 0.05) is 25.6 Å². The van der Waals surface area contributed by atoms with Crippen molar-refractivity contribution < 1.29 is 27.5 Å². The van der Waals surface area contributed by atoms with Crippen LogP contribution in [0.3, 0.4) is 0 Å². The van der Waals surface area contributed by atoms with E-state index in [0.29, 0.717) is 31.3 Å². The van der Waals surface area contributed by atoms with Gasteiger partial charge in [0.15, 0.2) is 11.5 Å². The molecule has 2 amide bonds. The van der Waals surface area contributed by atoms with Crippen molar-refractivity contribution in [3.05, 3.63) is 120 Å². The Kier molecular flexibility index (Phi) is 10.8. The smallest absolute Gasteiger partial charge is 0.264 e. The molecular weight excluding hydrogens is 614 g/mol. The number of ether oxygens (including phenoxy) is 2. The highest BCUT2D eigenvalue weighted by Crippen LogP contribution is 2.36. The summed E-state index contributed by atoms with van der Waals surface area (Å²) < 4.78 is 41.0. The second-order valence-electron chi connectivity index (χ2n) is 12.0. The third-order valence-electron chi connectivity index (χ3n) is 7.85. The molecule has 9 nitrogen and oxygen atoms in total. The molecule has 1 heterocycles. The Hall–Kier alpha value is -4.83. The highest BCUT2D eigenvalue weighted by atomic mass is 32.2. The lowest BCUT2D eigenvalue weighted by Gasteiger charge is -2.34. The van der Waals surface area contributed by atoms with Gasteiger partial charge in [-0.1, -0.05) is 92.2 Å². The molecule has 47 heavy (non-hydrogen) atoms. The highest BCUT2D eigenvalue weighted by Gasteiger charge is 2.35. The SMILES string of the molecule is Cc1ccc(CN(C(=O)CN(c2ccc3c(c2)OCCO3)S(=O)(=O)c2ccccc2)[C@@H](Cc2ccccc2)C(=O)NCC(C)C)cc1. The van der Waals surface area contributed by atoms with Gasteiger partial charge in [0.25, 0.3) is 10.0 Å². The van der Waals surface area contributed by atoms with E-state index < -0.39 is 28.5 Å². The molecule has 10 heteroatoms. The number of fused-ring (bicyclic) bond motifs is 1. The van der Waals surface area contributed by atoms with Crippen molar-refractivity contribution >= 4 is 27.5 Å². The van der Waals surface area contributed by atoms with E-state index in [1.807, 2.05) is 75.4 Å². The van der Waals surface area contributed by atoms with Crippen molar-refractivity contribution in [1.82, 2.24) is 10.2 Å². The normalized spacial score (nSPS) is 13.1. The van der Waals surface area contributed by atoms with E-state index in [0.717, 1.165) is 21.0 Å². The molecule has 0 spiro atoms. The second kappa shape index (κ2) is 15.2. The molecule has 0 bridgehead atoms. The van der Waals surface area contributed by atoms with Crippen molar-refractivity contribution in [3.8, 4) is 11.5 Å². The molecular formula is C37H41N3O6S. The van der Waals surface area contributed by atoms with Crippen molar-refractivity contribution in [3.63, 3.8) is 0 Å². The van der Waals surface area contributed by atoms with Gasteiger partial charge in [-0.2, -0.15) is 0 Å². The van der Waals surface area contributed by atoms with Crippen LogP contribution in [0.5, 0.6) is 11.5 Å². The van der Waals surface area contributed by atoms with Crippen LogP contribution in [-0.4, -0.2) is 57.5 Å². The monoisotopic (exact) mass is 655 g/mol. The average molecular weight is 656 g/mol. The molecule has 1 atom stereocenters. The van der Waals surface area contributed by atoms with Crippen molar-refractivity contribution in [2.75, 3.05) is 30.6 Å². The Morgan fingerprint density at radius 1 is 0.809 bits per heavy atom. The van der Waals surface area contributed by atoms with Gasteiger partial charge in [-0.25, -0.2) is 8.42 Å². The van der Waals surface area contributed by atoms with Gasteiger partial charge in [-0.3, -0.25) is 13.9 Å². The summed E-state index contributed by atoms with van der Waals surface area (Å²) >= 11 is 0. The number of aryl methyl sites for hydroxylation is 1. The van der Waals surface area contributed by atoms with Crippen LogP contribution in [0, 0.1) is 12.8 Å². The second-order valence-corrected chi connectivity index (χ2v) is 13.9. The van der Waals surface area contributed by atoms with Crippen LogP contribution in [0.15, 0.2) is 108 Å². The van der Waals surface area contributed by atoms with E-state index in [-0.39, 0.29) is 35.4 Å². The third-order valence-corrected chi connectivity index (χ3v) is 9.64. The Morgan fingerprint density at radius 2 is 1.45 bits per heavy atom. The Bertz CT molecular complexity index is 1760. The summed E-state index contributed by atoms with van der Waals surface area (Å²) in [6.07, 6.45) is 0.248. The summed E-state index contributed by atoms with van der Waals surface area (Å²) in [6, 6.07) is 29.1. The number of sulfonamides is 1. The minimum atomic E-state index is -4.23. The number of nitrogens with one attached hydrogen (secondary N) is 1. The maximum Gasteiger partial charge on any atom is 0.264 e. The first-order valence-corrected chi connectivity index (χ1v) is 17.2. The van der Waals surface area contributed by atoms with Gasteiger partial charge < -0.3 is 19.7 Å². The summed E-state index contributed by atoms with van der Waals surface area (Å²) in [5, 5.41) is 3.01. The first-order chi connectivity index (χ1) is 22.6. The predicted molar refractivity (Wildman–Crippen MR) is 182 cm³/mol. The molecule has 4 aromatic rings. The van der Waals surface area contributed by atoms with Gasteiger partial charge in [0.2, 0.25) is 11.8 Å². The third kappa shape index (κ3) is 8.51. The lowest BCUT2D eigenvalue weighted by atomic mass is 10.0. The Morgan fingerprint density at radius 3 is 2.11 bits per heavy atom. The van der Waals surface area contributed by atoms with Gasteiger partial charge in [0.1, 0.15) is 25.8 Å². The zero-order valence-corrected chi connectivity index (χ0v) is 27.8. The molecule has 1 aliphatic heterocycles. The maximum absolute atomic E-state index is 14.6. The Labute approximate surface area is 277 Å². The molecule has 0 unspecified atom stereocenters. The lowest BCUT2D eigenvalue weighted by Crippen LogP contribution is -2.53. The molecule has 1 N–H and O–H groups in total. The van der Waals surface area contributed by atoms with Crippen LogP contribution < -0.4 is 19.1 Å². The first-order valence-electron chi connectivity index (χ1n) is 15.8. The number of carbonyl (C=O) groups is 2. The van der Waals surface area contributed by atoms with Crippen LogP contribution in [0.2, 0.25) is 0 Å². The van der Waals surface area contributed by atoms with Crippen LogP contribution >= 0.6 is 0 Å². The zero-order chi connectivity index (χ0) is 33.4. The molecule has 5 rings (SSSR count). The molecule has 246 valence electrons. The minimum Gasteiger partial charge on any atom is -0.486 e. The molecule has 0 fully saturated rings. The topological polar surface area (TPSA) is 105 Å². The number of hydrogen-bond donors (Lipinski definition) is 1. The fourth-order valence-electron chi connectivity index (χ4n) is 5.30. The standard InChI is InChI=1S/C37H41N3O6S/c1-27(2)24-38-37(42)33(22-29-10-6-4-7-11-29)39(25-30-16-14-28(3)15-17-30)36(41)26-40(47(43,44)32-12-8-5-9-13-32)31-18-19-34-35(23-31)46-21-20-45-34/h4-19,23,27,33H,20-22,24-26H2,1-3H3,(H,38,42)/t33-/m0/s1. The largest absolute Gasteiger partial charge is 0.486 e. The van der Waals surface area contributed by atoms with E-state index in [2.05, 4.69) is 5.32 Å². The number of rotatable bonds is 13. The molecule has 0 radical (unpaired) electrons.